The summed E-state index contributed by atoms with van der Waals surface area (Å²) >= 11 is 6.76. The molecule has 0 bridgehead atoms. The molecule has 2 aliphatic rings. The van der Waals surface area contributed by atoms with E-state index in [0.29, 0.717) is 12.5 Å². The van der Waals surface area contributed by atoms with Gasteiger partial charge < -0.3 is 5.32 Å². The van der Waals surface area contributed by atoms with Crippen LogP contribution in [0.4, 0.5) is 4.39 Å². The third kappa shape index (κ3) is 2.67. The van der Waals surface area contributed by atoms with Crippen molar-refractivity contribution in [3.8, 4) is 0 Å². The van der Waals surface area contributed by atoms with Crippen LogP contribution >= 0.6 is 11.6 Å². The molecule has 0 aromatic heterocycles. The van der Waals surface area contributed by atoms with Crippen LogP contribution in [-0.4, -0.2) is 29.5 Å². The molecule has 1 N–H and O–H groups in total. The summed E-state index contributed by atoms with van der Waals surface area (Å²) in [5.41, 5.74) is 3.47. The lowest BCUT2D eigenvalue weighted by molar-refractivity contribution is -0.0570. The van der Waals surface area contributed by atoms with Crippen molar-refractivity contribution < 1.29 is 4.39 Å². The number of hydrogen-bond acceptors (Lipinski definition) is 2. The van der Waals surface area contributed by atoms with Gasteiger partial charge in [-0.05, 0) is 61.6 Å². The Bertz CT molecular complexity index is 833. The van der Waals surface area contributed by atoms with Gasteiger partial charge in [0, 0.05) is 18.0 Å². The van der Waals surface area contributed by atoms with Crippen LogP contribution in [0.2, 0.25) is 0 Å². The first kappa shape index (κ1) is 19.9. The minimum absolute atomic E-state index is 0.0647. The van der Waals surface area contributed by atoms with E-state index in [1.165, 1.54) is 11.1 Å². The minimum atomic E-state index is -0.322. The van der Waals surface area contributed by atoms with Crippen LogP contribution in [-0.2, 0) is 12.0 Å². The quantitative estimate of drug-likeness (QED) is 0.545. The number of benzene rings is 2. The standard InChI is InChI=1S/C24H30ClFN2/c1-4-23(5-2)24(27-16-22(25)28(23)3,18-11-13-19(26)14-12-18)21-15-10-17-8-6-7-9-20(17)21/h6-9,11-14,21-22,27H,4-5,10,15-16H2,1-3H3. The lowest BCUT2D eigenvalue weighted by Crippen LogP contribution is -2.75. The Kier molecular flexibility index (Phi) is 5.28. The van der Waals surface area contributed by atoms with E-state index in [4.69, 9.17) is 11.6 Å². The molecule has 0 amide bonds. The summed E-state index contributed by atoms with van der Waals surface area (Å²) < 4.78 is 13.8. The van der Waals surface area contributed by atoms with Crippen LogP contribution in [0.25, 0.3) is 0 Å². The average molecular weight is 401 g/mol. The Morgan fingerprint density at radius 3 is 2.46 bits per heavy atom. The zero-order valence-electron chi connectivity index (χ0n) is 17.0. The van der Waals surface area contributed by atoms with Gasteiger partial charge in [0.05, 0.1) is 11.0 Å². The molecule has 2 aromatic carbocycles. The van der Waals surface area contributed by atoms with Crippen molar-refractivity contribution in [2.24, 2.45) is 0 Å². The topological polar surface area (TPSA) is 15.3 Å². The number of nitrogens with zero attached hydrogens (tertiary/aromatic N) is 1. The van der Waals surface area contributed by atoms with Crippen molar-refractivity contribution >= 4 is 11.6 Å². The van der Waals surface area contributed by atoms with Gasteiger partial charge in [-0.1, -0.05) is 50.2 Å². The maximum atomic E-state index is 13.8. The van der Waals surface area contributed by atoms with E-state index in [1.807, 2.05) is 12.1 Å². The molecule has 1 heterocycles. The summed E-state index contributed by atoms with van der Waals surface area (Å²) in [6, 6.07) is 16.0. The Morgan fingerprint density at radius 2 is 1.79 bits per heavy atom. The van der Waals surface area contributed by atoms with Gasteiger partial charge in [0.2, 0.25) is 0 Å². The van der Waals surface area contributed by atoms with Crippen molar-refractivity contribution in [2.75, 3.05) is 13.6 Å². The van der Waals surface area contributed by atoms with Crippen molar-refractivity contribution in [1.82, 2.24) is 10.2 Å². The summed E-state index contributed by atoms with van der Waals surface area (Å²) in [6.07, 6.45) is 4.10. The molecule has 28 heavy (non-hydrogen) atoms. The zero-order chi connectivity index (χ0) is 19.9. The molecule has 1 fully saturated rings. The van der Waals surface area contributed by atoms with Gasteiger partial charge in [0.1, 0.15) is 5.82 Å². The molecule has 3 unspecified atom stereocenters. The molecule has 1 aliphatic heterocycles. The maximum absolute atomic E-state index is 13.8. The molecule has 3 atom stereocenters. The molecule has 2 nitrogen and oxygen atoms in total. The molecule has 2 aromatic rings. The lowest BCUT2D eigenvalue weighted by Gasteiger charge is -2.63. The molecule has 150 valence electrons. The predicted octanol–water partition coefficient (Wildman–Crippen LogP) is 5.41. The van der Waals surface area contributed by atoms with Crippen LogP contribution in [0.15, 0.2) is 48.5 Å². The number of likely N-dealkylation sites (N-methyl/N-ethyl adjacent to an activating group) is 1. The summed E-state index contributed by atoms with van der Waals surface area (Å²) in [5, 5.41) is 3.93. The third-order valence-corrected chi connectivity index (χ3v) is 7.95. The van der Waals surface area contributed by atoms with Gasteiger partial charge in [-0.25, -0.2) is 4.39 Å². The molecular weight excluding hydrogens is 371 g/mol. The Labute approximate surface area is 173 Å². The molecule has 4 heteroatoms. The molecule has 1 aliphatic carbocycles. The highest BCUT2D eigenvalue weighted by Gasteiger charge is 2.61. The molecule has 4 rings (SSSR count). The fourth-order valence-corrected chi connectivity index (χ4v) is 6.40. The summed E-state index contributed by atoms with van der Waals surface area (Å²) in [6.45, 7) is 5.22. The highest BCUT2D eigenvalue weighted by atomic mass is 35.5. The average Bonchev–Trinajstić information content (AvgIpc) is 3.15. The van der Waals surface area contributed by atoms with Crippen molar-refractivity contribution in [3.63, 3.8) is 0 Å². The summed E-state index contributed by atoms with van der Waals surface area (Å²) in [7, 11) is 2.16. The minimum Gasteiger partial charge on any atom is -0.303 e. The number of halogens is 2. The number of fused-ring (bicyclic) bond motifs is 1. The largest absolute Gasteiger partial charge is 0.303 e. The van der Waals surface area contributed by atoms with Crippen LogP contribution in [0.5, 0.6) is 0 Å². The van der Waals surface area contributed by atoms with E-state index in [2.05, 4.69) is 55.4 Å². The monoisotopic (exact) mass is 400 g/mol. The second-order valence-electron chi connectivity index (χ2n) is 8.27. The number of nitrogens with one attached hydrogen (secondary N) is 1. The fraction of sp³-hybridized carbons (Fsp3) is 0.500. The summed E-state index contributed by atoms with van der Waals surface area (Å²) in [5.74, 6) is 0.129. The number of hydrogen-bond donors (Lipinski definition) is 1. The highest BCUT2D eigenvalue weighted by molar-refractivity contribution is 6.20. The van der Waals surface area contributed by atoms with E-state index in [9.17, 15) is 4.39 Å². The SMILES string of the molecule is CCC1(CC)N(C)C(Cl)CNC1(c1ccc(F)cc1)C1CCc2ccccc21. The van der Waals surface area contributed by atoms with Gasteiger partial charge in [-0.15, -0.1) is 11.6 Å². The van der Waals surface area contributed by atoms with Crippen LogP contribution < -0.4 is 5.32 Å². The second kappa shape index (κ2) is 7.44. The maximum Gasteiger partial charge on any atom is 0.123 e. The van der Waals surface area contributed by atoms with Gasteiger partial charge in [0.25, 0.3) is 0 Å². The zero-order valence-corrected chi connectivity index (χ0v) is 17.8. The number of piperazine rings is 1. The van der Waals surface area contributed by atoms with E-state index in [-0.39, 0.29) is 22.4 Å². The Balaban J connectivity index is 1.98. The molecular formula is C24H30ClFN2. The third-order valence-electron chi connectivity index (χ3n) is 7.50. The molecule has 0 saturated carbocycles. The van der Waals surface area contributed by atoms with Gasteiger partial charge in [0.15, 0.2) is 0 Å². The molecule has 1 saturated heterocycles. The van der Waals surface area contributed by atoms with Gasteiger partial charge >= 0.3 is 0 Å². The molecule has 0 spiro atoms. The van der Waals surface area contributed by atoms with Crippen molar-refractivity contribution in [3.05, 3.63) is 71.0 Å². The van der Waals surface area contributed by atoms with E-state index < -0.39 is 0 Å². The first-order valence-electron chi connectivity index (χ1n) is 10.5. The highest BCUT2D eigenvalue weighted by Crippen LogP contribution is 2.56. The second-order valence-corrected chi connectivity index (χ2v) is 8.77. The van der Waals surface area contributed by atoms with Crippen molar-refractivity contribution in [2.45, 2.75) is 62.0 Å². The van der Waals surface area contributed by atoms with E-state index >= 15 is 0 Å². The fourth-order valence-electron chi connectivity index (χ4n) is 6.14. The van der Waals surface area contributed by atoms with Gasteiger partial charge in [-0.3, -0.25) is 4.90 Å². The number of alkyl halides is 1. The molecule has 0 radical (unpaired) electrons. The lowest BCUT2D eigenvalue weighted by atomic mass is 9.59. The predicted molar refractivity (Wildman–Crippen MR) is 114 cm³/mol. The van der Waals surface area contributed by atoms with Crippen LogP contribution in [0.3, 0.4) is 0 Å². The van der Waals surface area contributed by atoms with E-state index in [1.54, 1.807) is 12.1 Å². The van der Waals surface area contributed by atoms with Crippen LogP contribution in [0, 0.1) is 5.82 Å². The first-order chi connectivity index (χ1) is 13.5. The Morgan fingerprint density at radius 1 is 1.11 bits per heavy atom. The summed E-state index contributed by atoms with van der Waals surface area (Å²) in [4.78, 5) is 2.37. The smallest absolute Gasteiger partial charge is 0.123 e. The van der Waals surface area contributed by atoms with Crippen molar-refractivity contribution in [1.29, 1.82) is 0 Å². The number of rotatable bonds is 4. The van der Waals surface area contributed by atoms with E-state index in [0.717, 1.165) is 31.2 Å². The normalized spacial score (nSPS) is 29.6. The van der Waals surface area contributed by atoms with Gasteiger partial charge in [-0.2, -0.15) is 0 Å². The Hall–Kier alpha value is -1.42. The first-order valence-corrected chi connectivity index (χ1v) is 10.9. The van der Waals surface area contributed by atoms with Crippen LogP contribution in [0.1, 0.15) is 55.7 Å². The number of aryl methyl sites for hydroxylation is 1.